The highest BCUT2D eigenvalue weighted by atomic mass is 16.7. The molecule has 1 saturated heterocycles. The van der Waals surface area contributed by atoms with Gasteiger partial charge in [0.2, 0.25) is 5.91 Å². The number of rotatable bonds is 36. The van der Waals surface area contributed by atoms with Crippen LogP contribution in [0.15, 0.2) is 84.9 Å². The zero-order valence-corrected chi connectivity index (χ0v) is 43.7. The zero-order chi connectivity index (χ0) is 53.5. The van der Waals surface area contributed by atoms with E-state index in [0.717, 1.165) is 36.8 Å². The Kier molecular flexibility index (Phi) is 29.4. The molecule has 1 aliphatic rings. The molecule has 1 aliphatic heterocycles. The number of benzene rings is 3. The minimum absolute atomic E-state index is 0.0251. The van der Waals surface area contributed by atoms with Crippen LogP contribution in [-0.4, -0.2) is 118 Å². The Hall–Kier alpha value is -4.98. The first kappa shape index (κ1) is 61.6. The van der Waals surface area contributed by atoms with Gasteiger partial charge in [-0.1, -0.05) is 170 Å². The summed E-state index contributed by atoms with van der Waals surface area (Å²) in [6.45, 7) is 3.37. The fourth-order valence-electron chi connectivity index (χ4n) is 9.02. The average Bonchev–Trinajstić information content (AvgIpc) is 3.41. The number of unbranched alkanes of at least 4 members (excludes halogenated alkanes) is 12. The first-order valence-corrected chi connectivity index (χ1v) is 27.0. The molecule has 3 aromatic rings. The maximum atomic E-state index is 14.0. The molecule has 17 nitrogen and oxygen atoms in total. The van der Waals surface area contributed by atoms with Gasteiger partial charge in [-0.15, -0.1) is 0 Å². The number of aliphatic hydroxyl groups excluding tert-OH is 5. The highest BCUT2D eigenvalue weighted by Gasteiger charge is 2.44. The maximum Gasteiger partial charge on any atom is 0.408 e. The van der Waals surface area contributed by atoms with E-state index in [1.54, 1.807) is 24.3 Å². The highest BCUT2D eigenvalue weighted by molar-refractivity contribution is 5.97. The van der Waals surface area contributed by atoms with Crippen molar-refractivity contribution in [1.82, 2.24) is 10.6 Å². The van der Waals surface area contributed by atoms with Crippen molar-refractivity contribution >= 4 is 29.6 Å². The molecule has 74 heavy (non-hydrogen) atoms. The van der Waals surface area contributed by atoms with Crippen LogP contribution >= 0.6 is 0 Å². The quantitative estimate of drug-likeness (QED) is 0.0258. The maximum absolute atomic E-state index is 14.0. The van der Waals surface area contributed by atoms with E-state index in [0.29, 0.717) is 43.5 Å². The number of alkyl carbamates (subject to hydrolysis) is 2. The van der Waals surface area contributed by atoms with Gasteiger partial charge in [-0.3, -0.25) is 9.59 Å². The van der Waals surface area contributed by atoms with Crippen LogP contribution in [0.5, 0.6) is 0 Å². The van der Waals surface area contributed by atoms with Crippen LogP contribution in [0.4, 0.5) is 15.3 Å². The molecule has 0 radical (unpaired) electrons. The number of ether oxygens (including phenoxy) is 4. The van der Waals surface area contributed by atoms with E-state index in [4.69, 9.17) is 24.7 Å². The molecular weight excluding hydrogens is 949 g/mol. The van der Waals surface area contributed by atoms with Crippen molar-refractivity contribution in [3.63, 3.8) is 0 Å². The number of carbonyl (C=O) groups is 4. The molecule has 0 bridgehead atoms. The van der Waals surface area contributed by atoms with E-state index in [-0.39, 0.29) is 50.3 Å². The monoisotopic (exact) mass is 1030 g/mol. The van der Waals surface area contributed by atoms with Gasteiger partial charge in [-0.2, -0.15) is 0 Å². The molecular formula is C57H86N4O13. The van der Waals surface area contributed by atoms with Gasteiger partial charge in [0.05, 0.1) is 31.4 Å². The standard InChI is InChI=1S/C57H86N4O13/c1-3-4-5-6-7-8-9-10-11-12-13-16-23-40(2)50(64)47(39-71-55-53(67)52(66)51(65)49(36-62)74-55)61-57(70)73-38-43-29-31-45(32-30-43)59-54(68)44(28-21-22-33-58)35-48(63)46(34-41-24-17-14-18-25-41)60-56(69)72-37-42-26-19-15-20-27-42/h14-15,17-20,24-27,29-32,40,44,46-47,49-53,55,62,64-67H,3-13,16,21-23,28,33-39,58H2,1-2H3,(H,59,68)(H,60,69)(H,61,70)/t40-,44-,46+,47+,49?,50-,51+,52+,53?,55+/m1/s1. The van der Waals surface area contributed by atoms with Gasteiger partial charge in [0.15, 0.2) is 12.1 Å². The fourth-order valence-corrected chi connectivity index (χ4v) is 9.02. The van der Waals surface area contributed by atoms with Crippen molar-refractivity contribution in [2.75, 3.05) is 25.1 Å². The summed E-state index contributed by atoms with van der Waals surface area (Å²) >= 11 is 0. The van der Waals surface area contributed by atoms with Crippen LogP contribution in [0.2, 0.25) is 0 Å². The Morgan fingerprint density at radius 2 is 1.20 bits per heavy atom. The first-order chi connectivity index (χ1) is 35.8. The molecule has 0 aliphatic carbocycles. The van der Waals surface area contributed by atoms with Crippen LogP contribution in [0.3, 0.4) is 0 Å². The molecule has 4 rings (SSSR count). The van der Waals surface area contributed by atoms with Crippen molar-refractivity contribution in [1.29, 1.82) is 0 Å². The Morgan fingerprint density at radius 1 is 0.662 bits per heavy atom. The molecule has 1 heterocycles. The number of hydrogen-bond acceptors (Lipinski definition) is 14. The second-order valence-corrected chi connectivity index (χ2v) is 19.8. The molecule has 3 aromatic carbocycles. The Balaban J connectivity index is 1.33. The lowest BCUT2D eigenvalue weighted by Crippen LogP contribution is -2.60. The largest absolute Gasteiger partial charge is 0.445 e. The average molecular weight is 1040 g/mol. The molecule has 0 aromatic heterocycles. The molecule has 0 saturated carbocycles. The van der Waals surface area contributed by atoms with Gasteiger partial charge < -0.3 is 66.2 Å². The van der Waals surface area contributed by atoms with Gasteiger partial charge >= 0.3 is 12.2 Å². The molecule has 10 atom stereocenters. The third-order valence-electron chi connectivity index (χ3n) is 13.7. The molecule has 3 amide bonds. The molecule has 412 valence electrons. The lowest BCUT2D eigenvalue weighted by atomic mass is 9.90. The van der Waals surface area contributed by atoms with Crippen molar-refractivity contribution in [3.05, 3.63) is 102 Å². The number of nitrogens with one attached hydrogen (secondary N) is 3. The number of nitrogens with two attached hydrogens (primary N) is 1. The summed E-state index contributed by atoms with van der Waals surface area (Å²) in [5.74, 6) is -1.72. The first-order valence-electron chi connectivity index (χ1n) is 27.0. The van der Waals surface area contributed by atoms with Crippen molar-refractivity contribution in [2.24, 2.45) is 17.6 Å². The normalized spacial score (nSPS) is 19.6. The smallest absolute Gasteiger partial charge is 0.408 e. The van der Waals surface area contributed by atoms with Crippen molar-refractivity contribution < 1.29 is 63.7 Å². The van der Waals surface area contributed by atoms with Crippen molar-refractivity contribution in [2.45, 2.75) is 192 Å². The SMILES string of the molecule is CCCCCCCCCCCCCC[C@@H](C)[C@@H](O)[C@H](CO[C@H]1OC(CO)[C@H](O)[C@H](O)C1O)NC(=O)OCc1ccc(NC(=O)[C@H](CCCCN)CC(=O)[C@H](Cc2ccccc2)NC(=O)OCc2ccccc2)cc1. The van der Waals surface area contributed by atoms with Gasteiger partial charge in [-0.05, 0) is 67.0 Å². The van der Waals surface area contributed by atoms with Crippen LogP contribution in [0, 0.1) is 11.8 Å². The molecule has 0 spiro atoms. The van der Waals surface area contributed by atoms with E-state index in [2.05, 4.69) is 22.9 Å². The summed E-state index contributed by atoms with van der Waals surface area (Å²) in [5, 5.41) is 60.7. The number of hydrogen-bond donors (Lipinski definition) is 9. The minimum Gasteiger partial charge on any atom is -0.445 e. The van der Waals surface area contributed by atoms with Gasteiger partial charge in [0.25, 0.3) is 0 Å². The summed E-state index contributed by atoms with van der Waals surface area (Å²) in [6.07, 6.45) is 6.44. The third-order valence-corrected chi connectivity index (χ3v) is 13.7. The van der Waals surface area contributed by atoms with Crippen molar-refractivity contribution in [3.8, 4) is 0 Å². The van der Waals surface area contributed by atoms with Crippen LogP contribution in [-0.2, 0) is 48.2 Å². The number of anilines is 1. The molecule has 2 unspecified atom stereocenters. The van der Waals surface area contributed by atoms with E-state index in [9.17, 15) is 44.7 Å². The molecule has 10 N–H and O–H groups in total. The summed E-state index contributed by atoms with van der Waals surface area (Å²) in [7, 11) is 0. The Bertz CT molecular complexity index is 2010. The highest BCUT2D eigenvalue weighted by Crippen LogP contribution is 2.25. The Labute approximate surface area is 438 Å². The molecule has 17 heteroatoms. The summed E-state index contributed by atoms with van der Waals surface area (Å²) in [6, 6.07) is 23.1. The van der Waals surface area contributed by atoms with Gasteiger partial charge in [0, 0.05) is 18.0 Å². The second-order valence-electron chi connectivity index (χ2n) is 19.8. The zero-order valence-electron chi connectivity index (χ0n) is 43.7. The number of ketones is 1. The van der Waals surface area contributed by atoms with E-state index in [1.165, 1.54) is 51.4 Å². The van der Waals surface area contributed by atoms with Gasteiger partial charge in [-0.25, -0.2) is 9.59 Å². The van der Waals surface area contributed by atoms with E-state index in [1.807, 2.05) is 67.6 Å². The summed E-state index contributed by atoms with van der Waals surface area (Å²) < 4.78 is 22.3. The number of amides is 3. The van der Waals surface area contributed by atoms with Crippen LogP contribution in [0.25, 0.3) is 0 Å². The van der Waals surface area contributed by atoms with Gasteiger partial charge in [0.1, 0.15) is 37.6 Å². The minimum atomic E-state index is -1.67. The predicted molar refractivity (Wildman–Crippen MR) is 282 cm³/mol. The second kappa shape index (κ2) is 35.3. The lowest BCUT2D eigenvalue weighted by Gasteiger charge is -2.40. The number of aliphatic hydroxyl groups is 5. The van der Waals surface area contributed by atoms with E-state index < -0.39 is 73.6 Å². The Morgan fingerprint density at radius 3 is 1.78 bits per heavy atom. The predicted octanol–water partition coefficient (Wildman–Crippen LogP) is 7.37. The lowest BCUT2D eigenvalue weighted by molar-refractivity contribution is -0.303. The number of carbonyl (C=O) groups excluding carboxylic acids is 4. The number of Topliss-reactive ketones (excluding diaryl/α,β-unsaturated/α-hetero) is 1. The third kappa shape index (κ3) is 22.9. The fraction of sp³-hybridized carbons (Fsp3) is 0.614. The topological polar surface area (TPSA) is 268 Å². The molecule has 1 fully saturated rings. The van der Waals surface area contributed by atoms with Crippen LogP contribution < -0.4 is 21.7 Å². The summed E-state index contributed by atoms with van der Waals surface area (Å²) in [4.78, 5) is 54.1. The van der Waals surface area contributed by atoms with E-state index >= 15 is 0 Å². The summed E-state index contributed by atoms with van der Waals surface area (Å²) in [5.41, 5.74) is 8.42. The van der Waals surface area contributed by atoms with Crippen LogP contribution in [0.1, 0.15) is 140 Å².